The average molecular weight is 443 g/mol. The van der Waals surface area contributed by atoms with Gasteiger partial charge in [-0.3, -0.25) is 14.5 Å². The van der Waals surface area contributed by atoms with Crippen LogP contribution in [0.1, 0.15) is 24.8 Å². The van der Waals surface area contributed by atoms with Crippen molar-refractivity contribution >= 4 is 29.6 Å². The number of hydrogen-bond donors (Lipinski definition) is 1. The Bertz CT molecular complexity index is 1040. The van der Waals surface area contributed by atoms with E-state index in [-0.39, 0.29) is 35.0 Å². The topological polar surface area (TPSA) is 132 Å². The first kappa shape index (κ1) is 22.2. The highest BCUT2D eigenvalue weighted by atomic mass is 32.2. The predicted octanol–water partition coefficient (Wildman–Crippen LogP) is 1.77. The van der Waals surface area contributed by atoms with Crippen molar-refractivity contribution in [2.75, 3.05) is 20.8 Å². The number of nitrogens with zero attached hydrogens (tertiary/aromatic N) is 2. The number of nitrogens with two attached hydrogens (primary N) is 1. The monoisotopic (exact) mass is 443 g/mol. The quantitative estimate of drug-likeness (QED) is 0.653. The fraction of sp³-hybridized carbons (Fsp3) is 0.333. The van der Waals surface area contributed by atoms with Crippen LogP contribution in [0.3, 0.4) is 0 Å². The van der Waals surface area contributed by atoms with E-state index in [0.29, 0.717) is 11.3 Å². The minimum Gasteiger partial charge on any atom is -0.497 e. The van der Waals surface area contributed by atoms with Crippen LogP contribution in [0, 0.1) is 11.3 Å². The van der Waals surface area contributed by atoms with Crippen LogP contribution >= 0.6 is 11.8 Å². The standard InChI is InChI=1S/C21H21N3O6S/c1-4-30-21(27)17-16(11-6-5-7-12(8-11)28-2)13(10-22)18(23)24-19(26)14(31-20(17)24)9-15(25)29-3/h5-8,14,16H,4,9,23H2,1-3H3. The number of thioether (sulfide) groups is 1. The minimum absolute atomic E-state index is 0.0349. The maximum Gasteiger partial charge on any atom is 0.337 e. The first-order valence-corrected chi connectivity index (χ1v) is 10.3. The SMILES string of the molecule is CCOC(=O)C1=C2SC(CC(=O)OC)C(=O)N2C(N)=C(C#N)C1c1cccc(OC)c1. The molecule has 3 rings (SSSR count). The molecule has 0 bridgehead atoms. The summed E-state index contributed by atoms with van der Waals surface area (Å²) in [5.74, 6) is -2.15. The summed E-state index contributed by atoms with van der Waals surface area (Å²) in [6.45, 7) is 1.76. The summed E-state index contributed by atoms with van der Waals surface area (Å²) >= 11 is 1.03. The van der Waals surface area contributed by atoms with Gasteiger partial charge in [0, 0.05) is 0 Å². The molecule has 0 spiro atoms. The van der Waals surface area contributed by atoms with Crippen molar-refractivity contribution in [3.05, 3.63) is 51.8 Å². The molecule has 1 aromatic rings. The number of rotatable bonds is 6. The van der Waals surface area contributed by atoms with Crippen molar-refractivity contribution < 1.29 is 28.6 Å². The molecule has 2 unspecified atom stereocenters. The highest BCUT2D eigenvalue weighted by Gasteiger charge is 2.49. The third-order valence-electron chi connectivity index (χ3n) is 4.90. The Balaban J connectivity index is 2.21. The van der Waals surface area contributed by atoms with E-state index in [4.69, 9.17) is 15.2 Å². The molecule has 0 aliphatic carbocycles. The van der Waals surface area contributed by atoms with Gasteiger partial charge in [-0.15, -0.1) is 0 Å². The van der Waals surface area contributed by atoms with Gasteiger partial charge in [-0.2, -0.15) is 5.26 Å². The molecule has 2 aliphatic heterocycles. The second-order valence-corrected chi connectivity index (χ2v) is 7.81. The molecule has 31 heavy (non-hydrogen) atoms. The molecule has 1 amide bonds. The Kier molecular flexibility index (Phi) is 6.56. The third-order valence-corrected chi connectivity index (χ3v) is 6.18. The second kappa shape index (κ2) is 9.14. The van der Waals surface area contributed by atoms with Crippen molar-refractivity contribution in [2.45, 2.75) is 24.5 Å². The molecule has 1 saturated heterocycles. The number of ether oxygens (including phenoxy) is 3. The van der Waals surface area contributed by atoms with Gasteiger partial charge in [0.25, 0.3) is 0 Å². The van der Waals surface area contributed by atoms with Crippen molar-refractivity contribution in [3.63, 3.8) is 0 Å². The fourth-order valence-corrected chi connectivity index (χ4v) is 4.80. The maximum absolute atomic E-state index is 13.0. The van der Waals surface area contributed by atoms with Gasteiger partial charge in [-0.25, -0.2) is 4.79 Å². The third kappa shape index (κ3) is 3.96. The Morgan fingerprint density at radius 1 is 1.32 bits per heavy atom. The molecule has 9 nitrogen and oxygen atoms in total. The van der Waals surface area contributed by atoms with Crippen molar-refractivity contribution in [1.29, 1.82) is 5.26 Å². The first-order valence-electron chi connectivity index (χ1n) is 9.40. The number of amides is 1. The molecule has 2 atom stereocenters. The molecule has 0 radical (unpaired) electrons. The summed E-state index contributed by atoms with van der Waals surface area (Å²) in [5.41, 5.74) is 6.97. The van der Waals surface area contributed by atoms with Crippen molar-refractivity contribution in [2.24, 2.45) is 5.73 Å². The van der Waals surface area contributed by atoms with Gasteiger partial charge < -0.3 is 19.9 Å². The van der Waals surface area contributed by atoms with Gasteiger partial charge in [0.1, 0.15) is 16.8 Å². The van der Waals surface area contributed by atoms with E-state index in [0.717, 1.165) is 16.7 Å². The number of benzene rings is 1. The molecule has 1 aromatic carbocycles. The van der Waals surface area contributed by atoms with Crippen LogP contribution in [0.2, 0.25) is 0 Å². The normalized spacial score (nSPS) is 20.3. The van der Waals surface area contributed by atoms with Gasteiger partial charge in [-0.05, 0) is 24.6 Å². The largest absolute Gasteiger partial charge is 0.497 e. The predicted molar refractivity (Wildman–Crippen MR) is 111 cm³/mol. The highest BCUT2D eigenvalue weighted by molar-refractivity contribution is 8.04. The number of methoxy groups -OCH3 is 2. The number of allylic oxidation sites excluding steroid dienone is 1. The molecule has 162 valence electrons. The van der Waals surface area contributed by atoms with Crippen LogP contribution in [0.15, 0.2) is 46.3 Å². The van der Waals surface area contributed by atoms with Gasteiger partial charge in [0.2, 0.25) is 5.91 Å². The molecule has 0 aromatic heterocycles. The number of fused-ring (bicyclic) bond motifs is 1. The van der Waals surface area contributed by atoms with Crippen LogP contribution in [-0.4, -0.2) is 48.8 Å². The molecule has 2 heterocycles. The highest BCUT2D eigenvalue weighted by Crippen LogP contribution is 2.50. The summed E-state index contributed by atoms with van der Waals surface area (Å²) < 4.78 is 15.2. The molecule has 2 aliphatic rings. The Labute approximate surface area is 183 Å². The lowest BCUT2D eigenvalue weighted by Gasteiger charge is -2.31. The van der Waals surface area contributed by atoms with Crippen LogP contribution in [0.4, 0.5) is 0 Å². The number of nitriles is 1. The Morgan fingerprint density at radius 2 is 2.06 bits per heavy atom. The van der Waals surface area contributed by atoms with Crippen LogP contribution < -0.4 is 10.5 Å². The summed E-state index contributed by atoms with van der Waals surface area (Å²) in [6.07, 6.45) is -0.199. The Hall–Kier alpha value is -3.45. The maximum atomic E-state index is 13.0. The summed E-state index contributed by atoms with van der Waals surface area (Å²) in [4.78, 5) is 38.9. The van der Waals surface area contributed by atoms with E-state index in [1.807, 2.05) is 6.07 Å². The second-order valence-electron chi connectivity index (χ2n) is 6.62. The van der Waals surface area contributed by atoms with E-state index in [2.05, 4.69) is 4.74 Å². The van der Waals surface area contributed by atoms with Crippen molar-refractivity contribution in [1.82, 2.24) is 4.90 Å². The zero-order chi connectivity index (χ0) is 22.7. The number of carbonyl (C=O) groups is 3. The van der Waals surface area contributed by atoms with E-state index < -0.39 is 29.0 Å². The molecular formula is C21H21N3O6S. The van der Waals surface area contributed by atoms with Gasteiger partial charge in [0.15, 0.2) is 0 Å². The van der Waals surface area contributed by atoms with Gasteiger partial charge in [-0.1, -0.05) is 23.9 Å². The lowest BCUT2D eigenvalue weighted by Crippen LogP contribution is -2.38. The number of esters is 2. The van der Waals surface area contributed by atoms with Gasteiger partial charge in [0.05, 0.1) is 55.4 Å². The molecule has 0 saturated carbocycles. The fourth-order valence-electron chi connectivity index (χ4n) is 3.48. The zero-order valence-electron chi connectivity index (χ0n) is 17.2. The van der Waals surface area contributed by atoms with E-state index in [9.17, 15) is 19.6 Å². The Morgan fingerprint density at radius 3 is 2.68 bits per heavy atom. The van der Waals surface area contributed by atoms with Crippen LogP contribution in [-0.2, 0) is 23.9 Å². The molecular weight excluding hydrogens is 422 g/mol. The minimum atomic E-state index is -0.859. The van der Waals surface area contributed by atoms with Crippen LogP contribution in [0.5, 0.6) is 5.75 Å². The van der Waals surface area contributed by atoms with E-state index in [1.54, 1.807) is 31.2 Å². The van der Waals surface area contributed by atoms with E-state index in [1.165, 1.54) is 14.2 Å². The van der Waals surface area contributed by atoms with Crippen LogP contribution in [0.25, 0.3) is 0 Å². The molecule has 2 N–H and O–H groups in total. The molecule has 1 fully saturated rings. The lowest BCUT2D eigenvalue weighted by molar-refractivity contribution is -0.142. The lowest BCUT2D eigenvalue weighted by atomic mass is 9.83. The van der Waals surface area contributed by atoms with E-state index >= 15 is 0 Å². The molecule has 10 heteroatoms. The summed E-state index contributed by atoms with van der Waals surface area (Å²) in [5, 5.41) is 9.31. The van der Waals surface area contributed by atoms with Crippen molar-refractivity contribution in [3.8, 4) is 11.8 Å². The first-order chi connectivity index (χ1) is 14.9. The number of carbonyl (C=O) groups excluding carboxylic acids is 3. The van der Waals surface area contributed by atoms with Gasteiger partial charge >= 0.3 is 11.9 Å². The smallest absolute Gasteiger partial charge is 0.337 e. The summed E-state index contributed by atoms with van der Waals surface area (Å²) in [6, 6.07) is 8.93. The number of hydrogen-bond acceptors (Lipinski definition) is 9. The summed E-state index contributed by atoms with van der Waals surface area (Å²) in [7, 11) is 2.73. The average Bonchev–Trinajstić information content (AvgIpc) is 3.09. The zero-order valence-corrected chi connectivity index (χ0v) is 18.0.